The molecule has 4 heteroatoms. The maximum absolute atomic E-state index is 4.62. The zero-order chi connectivity index (χ0) is 12.2. The van der Waals surface area contributed by atoms with Crippen molar-refractivity contribution in [3.8, 4) is 0 Å². The number of nitrogens with zero attached hydrogens (tertiary/aromatic N) is 2. The molecule has 0 bridgehead atoms. The molecule has 0 atom stereocenters. The fourth-order valence-electron chi connectivity index (χ4n) is 1.85. The normalized spacial score (nSPS) is 10.9. The highest BCUT2D eigenvalue weighted by molar-refractivity contribution is 7.09. The zero-order valence-electron chi connectivity index (χ0n) is 9.84. The minimum Gasteiger partial charge on any atom is -0.306 e. The molecule has 18 heavy (non-hydrogen) atoms. The summed E-state index contributed by atoms with van der Waals surface area (Å²) in [6, 6.07) is 12.4. The molecule has 0 fully saturated rings. The molecule has 3 rings (SSSR count). The smallest absolute Gasteiger partial charge is 0.0794 e. The number of para-hydroxylation sites is 1. The molecule has 0 radical (unpaired) electrons. The average Bonchev–Trinajstić information content (AvgIpc) is 2.92. The van der Waals surface area contributed by atoms with Crippen molar-refractivity contribution in [3.63, 3.8) is 0 Å². The molecule has 3 aromatic rings. The second-order valence-electron chi connectivity index (χ2n) is 4.07. The van der Waals surface area contributed by atoms with E-state index in [1.54, 1.807) is 11.3 Å². The molecule has 0 unspecified atom stereocenters. The van der Waals surface area contributed by atoms with Gasteiger partial charge in [0.2, 0.25) is 0 Å². The van der Waals surface area contributed by atoms with Crippen LogP contribution in [0, 0.1) is 0 Å². The van der Waals surface area contributed by atoms with Gasteiger partial charge in [0.15, 0.2) is 0 Å². The van der Waals surface area contributed by atoms with Gasteiger partial charge in [-0.1, -0.05) is 24.3 Å². The van der Waals surface area contributed by atoms with Crippen LogP contribution in [0.5, 0.6) is 0 Å². The standard InChI is InChI=1S/C14H13N3S/c1-2-4-14-11(3-1)5-6-12(17-14)7-15-8-13-9-16-10-18-13/h1-6,9-10,15H,7-8H2. The first-order valence-corrected chi connectivity index (χ1v) is 6.72. The number of pyridine rings is 1. The molecule has 0 aliphatic heterocycles. The fraction of sp³-hybridized carbons (Fsp3) is 0.143. The molecule has 2 aromatic heterocycles. The van der Waals surface area contributed by atoms with Crippen LogP contribution in [0.25, 0.3) is 10.9 Å². The third kappa shape index (κ3) is 2.55. The summed E-state index contributed by atoms with van der Waals surface area (Å²) < 4.78 is 0. The number of benzene rings is 1. The van der Waals surface area contributed by atoms with E-state index in [9.17, 15) is 0 Å². The Labute approximate surface area is 110 Å². The average molecular weight is 255 g/mol. The minimum absolute atomic E-state index is 0.780. The SMILES string of the molecule is c1ccc2nc(CNCc3cncs3)ccc2c1. The predicted molar refractivity (Wildman–Crippen MR) is 74.4 cm³/mol. The lowest BCUT2D eigenvalue weighted by Gasteiger charge is -2.04. The van der Waals surface area contributed by atoms with Gasteiger partial charge in [-0.2, -0.15) is 0 Å². The lowest BCUT2D eigenvalue weighted by atomic mass is 10.2. The summed E-state index contributed by atoms with van der Waals surface area (Å²) in [7, 11) is 0. The summed E-state index contributed by atoms with van der Waals surface area (Å²) in [4.78, 5) is 9.92. The molecule has 0 spiro atoms. The first-order chi connectivity index (χ1) is 8.92. The van der Waals surface area contributed by atoms with Crippen LogP contribution < -0.4 is 5.32 Å². The molecular weight excluding hydrogens is 242 g/mol. The van der Waals surface area contributed by atoms with E-state index in [0.29, 0.717) is 0 Å². The number of nitrogens with one attached hydrogen (secondary N) is 1. The molecule has 0 aliphatic carbocycles. The van der Waals surface area contributed by atoms with E-state index < -0.39 is 0 Å². The van der Waals surface area contributed by atoms with Crippen molar-refractivity contribution in [2.45, 2.75) is 13.1 Å². The van der Waals surface area contributed by atoms with Crippen LogP contribution in [0.2, 0.25) is 0 Å². The van der Waals surface area contributed by atoms with Gasteiger partial charge in [0.1, 0.15) is 0 Å². The number of hydrogen-bond acceptors (Lipinski definition) is 4. The highest BCUT2D eigenvalue weighted by Gasteiger charge is 1.98. The van der Waals surface area contributed by atoms with E-state index in [1.807, 2.05) is 29.9 Å². The number of thiazole rings is 1. The van der Waals surface area contributed by atoms with Crippen LogP contribution in [-0.4, -0.2) is 9.97 Å². The summed E-state index contributed by atoms with van der Waals surface area (Å²) in [6.07, 6.45) is 1.89. The molecule has 0 saturated carbocycles. The van der Waals surface area contributed by atoms with Gasteiger partial charge in [0.25, 0.3) is 0 Å². The van der Waals surface area contributed by atoms with Gasteiger partial charge in [0.05, 0.1) is 16.7 Å². The van der Waals surface area contributed by atoms with Crippen molar-refractivity contribution in [1.82, 2.24) is 15.3 Å². The molecule has 2 heterocycles. The van der Waals surface area contributed by atoms with E-state index >= 15 is 0 Å². The third-order valence-corrected chi connectivity index (χ3v) is 3.52. The number of rotatable bonds is 4. The van der Waals surface area contributed by atoms with Crippen LogP contribution in [0.4, 0.5) is 0 Å². The van der Waals surface area contributed by atoms with Gasteiger partial charge in [-0.25, -0.2) is 0 Å². The van der Waals surface area contributed by atoms with Crippen molar-refractivity contribution in [1.29, 1.82) is 0 Å². The summed E-state index contributed by atoms with van der Waals surface area (Å²) >= 11 is 1.67. The Kier molecular flexibility index (Phi) is 3.30. The molecular formula is C14H13N3S. The number of hydrogen-bond donors (Lipinski definition) is 1. The predicted octanol–water partition coefficient (Wildman–Crippen LogP) is 2.98. The molecule has 0 aliphatic rings. The maximum atomic E-state index is 4.62. The van der Waals surface area contributed by atoms with Gasteiger partial charge >= 0.3 is 0 Å². The second kappa shape index (κ2) is 5.25. The minimum atomic E-state index is 0.780. The molecule has 0 saturated heterocycles. The van der Waals surface area contributed by atoms with Gasteiger partial charge < -0.3 is 5.32 Å². The summed E-state index contributed by atoms with van der Waals surface area (Å²) in [6.45, 7) is 1.63. The quantitative estimate of drug-likeness (QED) is 0.779. The maximum Gasteiger partial charge on any atom is 0.0794 e. The summed E-state index contributed by atoms with van der Waals surface area (Å²) in [5.41, 5.74) is 3.97. The number of fused-ring (bicyclic) bond motifs is 1. The summed E-state index contributed by atoms with van der Waals surface area (Å²) in [5.74, 6) is 0. The van der Waals surface area contributed by atoms with Crippen molar-refractivity contribution < 1.29 is 0 Å². The van der Waals surface area contributed by atoms with Gasteiger partial charge in [0, 0.05) is 29.5 Å². The van der Waals surface area contributed by atoms with E-state index in [2.05, 4.69) is 33.5 Å². The van der Waals surface area contributed by atoms with Crippen molar-refractivity contribution in [2.24, 2.45) is 0 Å². The van der Waals surface area contributed by atoms with E-state index in [0.717, 1.165) is 24.3 Å². The van der Waals surface area contributed by atoms with E-state index in [4.69, 9.17) is 0 Å². The first-order valence-electron chi connectivity index (χ1n) is 5.84. The van der Waals surface area contributed by atoms with Crippen LogP contribution in [0.1, 0.15) is 10.6 Å². The summed E-state index contributed by atoms with van der Waals surface area (Å²) in [5, 5.41) is 4.56. The largest absolute Gasteiger partial charge is 0.306 e. The lowest BCUT2D eigenvalue weighted by Crippen LogP contribution is -2.12. The topological polar surface area (TPSA) is 37.8 Å². The Bertz CT molecular complexity index is 634. The van der Waals surface area contributed by atoms with Crippen LogP contribution in [0.3, 0.4) is 0 Å². The van der Waals surface area contributed by atoms with Gasteiger partial charge in [-0.05, 0) is 12.1 Å². The second-order valence-corrected chi connectivity index (χ2v) is 5.04. The van der Waals surface area contributed by atoms with E-state index in [-0.39, 0.29) is 0 Å². The van der Waals surface area contributed by atoms with Crippen LogP contribution in [0.15, 0.2) is 48.1 Å². The number of aromatic nitrogens is 2. The van der Waals surface area contributed by atoms with Crippen LogP contribution >= 0.6 is 11.3 Å². The molecule has 3 nitrogen and oxygen atoms in total. The van der Waals surface area contributed by atoms with Crippen molar-refractivity contribution in [3.05, 3.63) is 58.7 Å². The Hall–Kier alpha value is -1.78. The van der Waals surface area contributed by atoms with Crippen molar-refractivity contribution in [2.75, 3.05) is 0 Å². The van der Waals surface area contributed by atoms with E-state index in [1.165, 1.54) is 10.3 Å². The zero-order valence-corrected chi connectivity index (χ0v) is 10.7. The Balaban J connectivity index is 1.67. The molecule has 90 valence electrons. The lowest BCUT2D eigenvalue weighted by molar-refractivity contribution is 0.688. The molecule has 1 N–H and O–H groups in total. The van der Waals surface area contributed by atoms with Gasteiger partial charge in [-0.3, -0.25) is 9.97 Å². The Morgan fingerprint density at radius 2 is 2.00 bits per heavy atom. The Morgan fingerprint density at radius 1 is 1.06 bits per heavy atom. The third-order valence-electron chi connectivity index (χ3n) is 2.74. The van der Waals surface area contributed by atoms with Crippen molar-refractivity contribution >= 4 is 22.2 Å². The van der Waals surface area contributed by atoms with Gasteiger partial charge in [-0.15, -0.1) is 11.3 Å². The first kappa shape index (κ1) is 11.3. The highest BCUT2D eigenvalue weighted by atomic mass is 32.1. The monoisotopic (exact) mass is 255 g/mol. The Morgan fingerprint density at radius 3 is 2.89 bits per heavy atom. The highest BCUT2D eigenvalue weighted by Crippen LogP contribution is 2.12. The molecule has 0 amide bonds. The van der Waals surface area contributed by atoms with Crippen LogP contribution in [-0.2, 0) is 13.1 Å². The molecule has 1 aromatic carbocycles. The fourth-order valence-corrected chi connectivity index (χ4v) is 2.41.